The zero-order valence-corrected chi connectivity index (χ0v) is 16.4. The molecule has 1 aliphatic rings. The molecule has 1 fully saturated rings. The number of fused-ring (bicyclic) bond motifs is 1. The fourth-order valence-corrected chi connectivity index (χ4v) is 4.50. The van der Waals surface area contributed by atoms with Gasteiger partial charge in [-0.25, -0.2) is 0 Å². The number of aromatic nitrogens is 1. The van der Waals surface area contributed by atoms with Crippen molar-refractivity contribution in [3.63, 3.8) is 0 Å². The largest absolute Gasteiger partial charge is 0.384 e. The number of nitrogens with one attached hydrogen (secondary N) is 1. The second-order valence-electron chi connectivity index (χ2n) is 8.40. The molecule has 0 aliphatic heterocycles. The Hall–Kier alpha value is -1.28. The molecule has 2 nitrogen and oxygen atoms in total. The molecule has 3 rings (SSSR count). The maximum atomic E-state index is 11.5. The van der Waals surface area contributed by atoms with Gasteiger partial charge in [0.1, 0.15) is 5.60 Å². The summed E-state index contributed by atoms with van der Waals surface area (Å²) in [5, 5.41) is 12.7. The summed E-state index contributed by atoms with van der Waals surface area (Å²) in [7, 11) is 0. The first kappa shape index (κ1) is 19.5. The van der Waals surface area contributed by atoms with Gasteiger partial charge in [-0.2, -0.15) is 0 Å². The van der Waals surface area contributed by atoms with Crippen LogP contribution in [0, 0.1) is 0 Å². The standard InChI is InChI=1S/C24H37NO/c26-24(23-20-21-16-12-13-17-22(21)25-23)18-14-10-8-6-4-2-1-3-5-7-9-11-15-19-24/h12-13,16-17,20,25-26H,1-11,14-15,18-19H2. The molecule has 1 heterocycles. The third-order valence-corrected chi connectivity index (χ3v) is 6.21. The van der Waals surface area contributed by atoms with Crippen LogP contribution in [0.2, 0.25) is 0 Å². The van der Waals surface area contributed by atoms with Crippen LogP contribution < -0.4 is 0 Å². The predicted molar refractivity (Wildman–Crippen MR) is 111 cm³/mol. The van der Waals surface area contributed by atoms with Crippen molar-refractivity contribution in [3.8, 4) is 0 Å². The monoisotopic (exact) mass is 355 g/mol. The normalized spacial score (nSPS) is 21.6. The Morgan fingerprint density at radius 1 is 0.654 bits per heavy atom. The zero-order chi connectivity index (χ0) is 18.1. The van der Waals surface area contributed by atoms with Crippen molar-refractivity contribution in [3.05, 3.63) is 36.0 Å². The third-order valence-electron chi connectivity index (χ3n) is 6.21. The van der Waals surface area contributed by atoms with E-state index in [1.807, 2.05) is 0 Å². The van der Waals surface area contributed by atoms with Crippen LogP contribution in [0.25, 0.3) is 10.9 Å². The summed E-state index contributed by atoms with van der Waals surface area (Å²) in [6.45, 7) is 0. The highest BCUT2D eigenvalue weighted by Gasteiger charge is 2.30. The van der Waals surface area contributed by atoms with E-state index in [1.54, 1.807) is 0 Å². The topological polar surface area (TPSA) is 36.0 Å². The van der Waals surface area contributed by atoms with E-state index in [1.165, 1.54) is 76.0 Å². The van der Waals surface area contributed by atoms with Crippen molar-refractivity contribution in [2.75, 3.05) is 0 Å². The molecule has 1 aromatic heterocycles. The number of H-pyrrole nitrogens is 1. The number of hydrogen-bond acceptors (Lipinski definition) is 1. The maximum absolute atomic E-state index is 11.5. The van der Waals surface area contributed by atoms with Crippen LogP contribution in [0.15, 0.2) is 30.3 Å². The highest BCUT2D eigenvalue weighted by atomic mass is 16.3. The molecule has 0 unspecified atom stereocenters. The number of rotatable bonds is 1. The van der Waals surface area contributed by atoms with E-state index in [2.05, 4.69) is 35.3 Å². The minimum atomic E-state index is -0.684. The molecule has 0 bridgehead atoms. The van der Waals surface area contributed by atoms with Crippen molar-refractivity contribution in [2.45, 2.75) is 102 Å². The molecule has 0 spiro atoms. The number of aromatic amines is 1. The average Bonchev–Trinajstić information content (AvgIpc) is 3.09. The molecule has 0 radical (unpaired) electrons. The molecule has 1 aliphatic carbocycles. The van der Waals surface area contributed by atoms with E-state index >= 15 is 0 Å². The van der Waals surface area contributed by atoms with Gasteiger partial charge in [-0.15, -0.1) is 0 Å². The summed E-state index contributed by atoms with van der Waals surface area (Å²) in [6.07, 6.45) is 19.0. The Bertz CT molecular complexity index is 595. The summed E-state index contributed by atoms with van der Waals surface area (Å²) in [5.74, 6) is 0. The molecular weight excluding hydrogens is 318 g/mol. The quantitative estimate of drug-likeness (QED) is 0.556. The number of aliphatic hydroxyl groups is 1. The van der Waals surface area contributed by atoms with E-state index in [9.17, 15) is 5.11 Å². The van der Waals surface area contributed by atoms with Crippen molar-refractivity contribution in [1.82, 2.24) is 4.98 Å². The van der Waals surface area contributed by atoms with Crippen LogP contribution in [0.3, 0.4) is 0 Å². The van der Waals surface area contributed by atoms with Gasteiger partial charge in [0.05, 0.1) is 0 Å². The van der Waals surface area contributed by atoms with E-state index in [0.29, 0.717) is 0 Å². The first-order valence-corrected chi connectivity index (χ1v) is 11.1. The fourth-order valence-electron chi connectivity index (χ4n) is 4.50. The molecule has 144 valence electrons. The number of para-hydroxylation sites is 1. The molecule has 2 aromatic rings. The smallest absolute Gasteiger partial charge is 0.104 e. The molecule has 1 aromatic carbocycles. The Kier molecular flexibility index (Phi) is 7.61. The molecule has 1 saturated carbocycles. The zero-order valence-electron chi connectivity index (χ0n) is 16.4. The van der Waals surface area contributed by atoms with E-state index in [4.69, 9.17) is 0 Å². The average molecular weight is 356 g/mol. The Morgan fingerprint density at radius 3 is 1.62 bits per heavy atom. The van der Waals surface area contributed by atoms with E-state index < -0.39 is 5.60 Å². The van der Waals surface area contributed by atoms with Gasteiger partial charge in [0.25, 0.3) is 0 Å². The van der Waals surface area contributed by atoms with Gasteiger partial charge in [-0.3, -0.25) is 0 Å². The minimum Gasteiger partial charge on any atom is -0.384 e. The second kappa shape index (κ2) is 10.2. The van der Waals surface area contributed by atoms with Crippen LogP contribution in [0.5, 0.6) is 0 Å². The number of hydrogen-bond donors (Lipinski definition) is 2. The first-order chi connectivity index (χ1) is 12.8. The highest BCUT2D eigenvalue weighted by Crippen LogP contribution is 2.34. The summed E-state index contributed by atoms with van der Waals surface area (Å²) < 4.78 is 0. The van der Waals surface area contributed by atoms with Crippen molar-refractivity contribution in [1.29, 1.82) is 0 Å². The number of benzene rings is 1. The van der Waals surface area contributed by atoms with Crippen molar-refractivity contribution < 1.29 is 5.11 Å². The van der Waals surface area contributed by atoms with Gasteiger partial charge in [-0.1, -0.05) is 102 Å². The van der Waals surface area contributed by atoms with Crippen LogP contribution in [-0.4, -0.2) is 10.1 Å². The SMILES string of the molecule is OC1(c2cc3ccccc3[nH]2)CCCCCCCCCCCCCCC1. The molecule has 2 heteroatoms. The lowest BCUT2D eigenvalue weighted by Crippen LogP contribution is -2.26. The van der Waals surface area contributed by atoms with Crippen molar-refractivity contribution >= 4 is 10.9 Å². The highest BCUT2D eigenvalue weighted by molar-refractivity contribution is 5.80. The third kappa shape index (κ3) is 5.61. The minimum absolute atomic E-state index is 0.684. The Balaban J connectivity index is 1.66. The molecule has 0 amide bonds. The van der Waals surface area contributed by atoms with Crippen LogP contribution in [0.1, 0.15) is 102 Å². The van der Waals surface area contributed by atoms with E-state index in [-0.39, 0.29) is 0 Å². The molecular formula is C24H37NO. The summed E-state index contributed by atoms with van der Waals surface area (Å²) in [6, 6.07) is 10.5. The Morgan fingerprint density at radius 2 is 1.12 bits per heavy atom. The van der Waals surface area contributed by atoms with Gasteiger partial charge in [-0.05, 0) is 30.4 Å². The predicted octanol–water partition coefficient (Wildman–Crippen LogP) is 7.22. The van der Waals surface area contributed by atoms with Crippen LogP contribution in [0.4, 0.5) is 0 Å². The van der Waals surface area contributed by atoms with Gasteiger partial charge in [0.2, 0.25) is 0 Å². The molecule has 26 heavy (non-hydrogen) atoms. The lowest BCUT2D eigenvalue weighted by molar-refractivity contribution is 0.00972. The molecule has 2 N–H and O–H groups in total. The Labute approximate surface area is 159 Å². The molecule has 0 atom stereocenters. The van der Waals surface area contributed by atoms with Gasteiger partial charge in [0, 0.05) is 11.2 Å². The fraction of sp³-hybridized carbons (Fsp3) is 0.667. The van der Waals surface area contributed by atoms with Crippen LogP contribution >= 0.6 is 0 Å². The second-order valence-corrected chi connectivity index (χ2v) is 8.40. The van der Waals surface area contributed by atoms with Gasteiger partial charge in [0.15, 0.2) is 0 Å². The summed E-state index contributed by atoms with van der Waals surface area (Å²) in [5.41, 5.74) is 1.48. The van der Waals surface area contributed by atoms with Crippen LogP contribution in [-0.2, 0) is 5.60 Å². The van der Waals surface area contributed by atoms with E-state index in [0.717, 1.165) is 36.9 Å². The first-order valence-electron chi connectivity index (χ1n) is 11.1. The summed E-state index contributed by atoms with van der Waals surface area (Å²) >= 11 is 0. The summed E-state index contributed by atoms with van der Waals surface area (Å²) in [4.78, 5) is 3.51. The maximum Gasteiger partial charge on any atom is 0.104 e. The lowest BCUT2D eigenvalue weighted by atomic mass is 9.86. The lowest BCUT2D eigenvalue weighted by Gasteiger charge is -2.28. The van der Waals surface area contributed by atoms with Gasteiger partial charge >= 0.3 is 0 Å². The molecule has 0 saturated heterocycles. The van der Waals surface area contributed by atoms with Crippen molar-refractivity contribution in [2.24, 2.45) is 0 Å². The van der Waals surface area contributed by atoms with Gasteiger partial charge < -0.3 is 10.1 Å².